The van der Waals surface area contributed by atoms with Crippen molar-refractivity contribution in [1.29, 1.82) is 0 Å². The Labute approximate surface area is 148 Å². The number of benzene rings is 2. The second kappa shape index (κ2) is 7.65. The molecule has 0 spiro atoms. The molecule has 2 aromatic carbocycles. The van der Waals surface area contributed by atoms with Gasteiger partial charge in [-0.3, -0.25) is 0 Å². The van der Waals surface area contributed by atoms with Crippen LogP contribution in [0.2, 0.25) is 0 Å². The second-order valence-corrected chi connectivity index (χ2v) is 7.32. The highest BCUT2D eigenvalue weighted by Gasteiger charge is 2.28. The summed E-state index contributed by atoms with van der Waals surface area (Å²) in [5, 5.41) is 20.6. The molecule has 0 aromatic heterocycles. The molecule has 0 amide bonds. The van der Waals surface area contributed by atoms with Crippen molar-refractivity contribution in [1.82, 2.24) is 4.90 Å². The minimum Gasteiger partial charge on any atom is -0.391 e. The van der Waals surface area contributed by atoms with Gasteiger partial charge in [-0.1, -0.05) is 36.4 Å². The summed E-state index contributed by atoms with van der Waals surface area (Å²) < 4.78 is 13.2. The van der Waals surface area contributed by atoms with Gasteiger partial charge < -0.3 is 15.1 Å². The van der Waals surface area contributed by atoms with Gasteiger partial charge in [0.1, 0.15) is 5.82 Å². The Balaban J connectivity index is 1.66. The molecular weight excluding hydrogens is 317 g/mol. The van der Waals surface area contributed by atoms with Crippen LogP contribution in [-0.2, 0) is 6.42 Å². The van der Waals surface area contributed by atoms with Crippen molar-refractivity contribution in [3.8, 4) is 11.1 Å². The van der Waals surface area contributed by atoms with E-state index in [2.05, 4.69) is 4.90 Å². The molecule has 1 aliphatic rings. The molecule has 1 saturated heterocycles. The van der Waals surface area contributed by atoms with Crippen LogP contribution in [0.4, 0.5) is 4.39 Å². The van der Waals surface area contributed by atoms with Crippen molar-refractivity contribution in [2.75, 3.05) is 19.6 Å². The third-order valence-corrected chi connectivity index (χ3v) is 5.03. The molecule has 3 nitrogen and oxygen atoms in total. The monoisotopic (exact) mass is 343 g/mol. The maximum atomic E-state index is 13.2. The molecule has 25 heavy (non-hydrogen) atoms. The molecule has 0 radical (unpaired) electrons. The van der Waals surface area contributed by atoms with Gasteiger partial charge in [0.25, 0.3) is 0 Å². The zero-order valence-corrected chi connectivity index (χ0v) is 14.7. The lowest BCUT2D eigenvalue weighted by atomic mass is 9.93. The van der Waals surface area contributed by atoms with E-state index in [1.54, 1.807) is 12.1 Å². The average Bonchev–Trinajstić information content (AvgIpc) is 2.58. The van der Waals surface area contributed by atoms with Gasteiger partial charge in [0, 0.05) is 26.1 Å². The van der Waals surface area contributed by atoms with Gasteiger partial charge in [-0.15, -0.1) is 0 Å². The summed E-state index contributed by atoms with van der Waals surface area (Å²) in [7, 11) is 0. The molecule has 1 atom stereocenters. The number of rotatable bonds is 5. The number of aliphatic hydroxyl groups is 2. The molecule has 3 rings (SSSR count). The number of halogens is 1. The summed E-state index contributed by atoms with van der Waals surface area (Å²) in [6.45, 7) is 4.10. The van der Waals surface area contributed by atoms with E-state index in [0.717, 1.165) is 42.6 Å². The van der Waals surface area contributed by atoms with Gasteiger partial charge in [-0.25, -0.2) is 4.39 Å². The van der Waals surface area contributed by atoms with Crippen LogP contribution in [0.1, 0.15) is 25.3 Å². The molecule has 0 saturated carbocycles. The highest BCUT2D eigenvalue weighted by Crippen LogP contribution is 2.26. The molecule has 1 heterocycles. The Bertz CT molecular complexity index is 689. The van der Waals surface area contributed by atoms with E-state index in [-0.39, 0.29) is 5.82 Å². The summed E-state index contributed by atoms with van der Waals surface area (Å²) in [5.74, 6) is -0.248. The number of likely N-dealkylation sites (tertiary alicyclic amines) is 1. The first-order valence-corrected chi connectivity index (χ1v) is 8.90. The topological polar surface area (TPSA) is 43.7 Å². The lowest BCUT2D eigenvalue weighted by Crippen LogP contribution is -2.45. The quantitative estimate of drug-likeness (QED) is 0.876. The summed E-state index contributed by atoms with van der Waals surface area (Å²) in [6, 6.07) is 14.4. The van der Waals surface area contributed by atoms with Crippen LogP contribution in [-0.4, -0.2) is 46.5 Å². The van der Waals surface area contributed by atoms with E-state index in [0.29, 0.717) is 13.0 Å². The fourth-order valence-corrected chi connectivity index (χ4v) is 3.44. The number of aliphatic hydroxyl groups excluding tert-OH is 1. The molecule has 134 valence electrons. The largest absolute Gasteiger partial charge is 0.391 e. The van der Waals surface area contributed by atoms with Gasteiger partial charge in [0.15, 0.2) is 0 Å². The fraction of sp³-hybridized carbons (Fsp3) is 0.429. The van der Waals surface area contributed by atoms with Gasteiger partial charge in [-0.05, 0) is 48.6 Å². The van der Waals surface area contributed by atoms with E-state index in [1.165, 1.54) is 12.1 Å². The zero-order chi connectivity index (χ0) is 17.9. The molecule has 0 aliphatic carbocycles. The SMILES string of the molecule is CC1(O)CCN(CC(O)Cc2ccccc2-c2ccc(F)cc2)CC1. The van der Waals surface area contributed by atoms with E-state index >= 15 is 0 Å². The third kappa shape index (κ3) is 4.88. The molecule has 2 aromatic rings. The van der Waals surface area contributed by atoms with Crippen molar-refractivity contribution in [3.63, 3.8) is 0 Å². The first-order valence-electron chi connectivity index (χ1n) is 8.90. The Morgan fingerprint density at radius 2 is 1.72 bits per heavy atom. The minimum atomic E-state index is -0.573. The predicted molar refractivity (Wildman–Crippen MR) is 97.8 cm³/mol. The van der Waals surface area contributed by atoms with E-state index < -0.39 is 11.7 Å². The highest BCUT2D eigenvalue weighted by molar-refractivity contribution is 5.67. The Morgan fingerprint density at radius 1 is 1.08 bits per heavy atom. The fourth-order valence-electron chi connectivity index (χ4n) is 3.44. The number of β-amino-alcohol motifs (C(OH)–C–C–N with tert-alkyl or cyclic N) is 1. The standard InChI is InChI=1S/C21H26FNO2/c1-21(25)10-12-23(13-11-21)15-19(24)14-17-4-2-3-5-20(17)16-6-8-18(22)9-7-16/h2-9,19,24-25H,10-15H2,1H3. The van der Waals surface area contributed by atoms with Crippen molar-refractivity contribution < 1.29 is 14.6 Å². The normalized spacial score (nSPS) is 18.9. The van der Waals surface area contributed by atoms with Gasteiger partial charge in [0.05, 0.1) is 11.7 Å². The second-order valence-electron chi connectivity index (χ2n) is 7.32. The molecule has 1 fully saturated rings. The van der Waals surface area contributed by atoms with Gasteiger partial charge in [-0.2, -0.15) is 0 Å². The van der Waals surface area contributed by atoms with Crippen molar-refractivity contribution in [3.05, 3.63) is 59.9 Å². The molecule has 1 aliphatic heterocycles. The molecule has 1 unspecified atom stereocenters. The lowest BCUT2D eigenvalue weighted by Gasteiger charge is -2.36. The van der Waals surface area contributed by atoms with Crippen LogP contribution < -0.4 is 0 Å². The maximum Gasteiger partial charge on any atom is 0.123 e. The average molecular weight is 343 g/mol. The summed E-state index contributed by atoms with van der Waals surface area (Å²) in [4.78, 5) is 2.21. The number of hydrogen-bond acceptors (Lipinski definition) is 3. The van der Waals surface area contributed by atoms with Crippen molar-refractivity contribution in [2.45, 2.75) is 37.9 Å². The molecule has 0 bridgehead atoms. The predicted octanol–water partition coefficient (Wildman–Crippen LogP) is 3.24. The van der Waals surface area contributed by atoms with Crippen LogP contribution in [0.15, 0.2) is 48.5 Å². The summed E-state index contributed by atoms with van der Waals surface area (Å²) >= 11 is 0. The van der Waals surface area contributed by atoms with Crippen LogP contribution in [0.3, 0.4) is 0 Å². The molecule has 2 N–H and O–H groups in total. The summed E-state index contributed by atoms with van der Waals surface area (Å²) in [6.07, 6.45) is 1.57. The zero-order valence-electron chi connectivity index (χ0n) is 14.7. The summed E-state index contributed by atoms with van der Waals surface area (Å²) in [5.41, 5.74) is 2.48. The van der Waals surface area contributed by atoms with E-state index in [9.17, 15) is 14.6 Å². The van der Waals surface area contributed by atoms with Crippen LogP contribution >= 0.6 is 0 Å². The molecule has 4 heteroatoms. The van der Waals surface area contributed by atoms with Crippen molar-refractivity contribution in [2.24, 2.45) is 0 Å². The Morgan fingerprint density at radius 3 is 2.40 bits per heavy atom. The van der Waals surface area contributed by atoms with Gasteiger partial charge in [0.2, 0.25) is 0 Å². The van der Waals surface area contributed by atoms with E-state index in [1.807, 2.05) is 31.2 Å². The van der Waals surface area contributed by atoms with Crippen molar-refractivity contribution >= 4 is 0 Å². The highest BCUT2D eigenvalue weighted by atomic mass is 19.1. The maximum absolute atomic E-state index is 13.2. The van der Waals surface area contributed by atoms with Gasteiger partial charge >= 0.3 is 0 Å². The van der Waals surface area contributed by atoms with E-state index in [4.69, 9.17) is 0 Å². The third-order valence-electron chi connectivity index (χ3n) is 5.03. The first-order chi connectivity index (χ1) is 11.9. The first kappa shape index (κ1) is 18.1. The Kier molecular flexibility index (Phi) is 5.52. The minimum absolute atomic E-state index is 0.248. The van der Waals surface area contributed by atoms with Crippen LogP contribution in [0, 0.1) is 5.82 Å². The lowest BCUT2D eigenvalue weighted by molar-refractivity contribution is -0.0157. The van der Waals surface area contributed by atoms with Crippen LogP contribution in [0.25, 0.3) is 11.1 Å². The number of piperidine rings is 1. The van der Waals surface area contributed by atoms with Crippen LogP contribution in [0.5, 0.6) is 0 Å². The molecular formula is C21H26FNO2. The number of hydrogen-bond donors (Lipinski definition) is 2. The number of nitrogens with zero attached hydrogens (tertiary/aromatic N) is 1. The smallest absolute Gasteiger partial charge is 0.123 e. The Hall–Kier alpha value is -1.75.